The number of fused-ring (bicyclic) bond motifs is 1. The maximum Gasteiger partial charge on any atom is 0.295 e. The summed E-state index contributed by atoms with van der Waals surface area (Å²) in [4.78, 5) is 29.9. The van der Waals surface area contributed by atoms with Crippen molar-refractivity contribution in [1.82, 2.24) is 9.80 Å². The Hall–Kier alpha value is -2.84. The molecule has 2 heterocycles. The van der Waals surface area contributed by atoms with Gasteiger partial charge in [0.05, 0.1) is 11.6 Å². The lowest BCUT2D eigenvalue weighted by Gasteiger charge is -2.28. The topological polar surface area (TPSA) is 79.3 Å². The van der Waals surface area contributed by atoms with Gasteiger partial charge in [-0.25, -0.2) is 0 Å². The fourth-order valence-electron chi connectivity index (χ4n) is 4.09. The minimum absolute atomic E-state index is 0.0794. The molecule has 0 aliphatic carbocycles. The second kappa shape index (κ2) is 9.34. The Morgan fingerprint density at radius 1 is 1.09 bits per heavy atom. The maximum absolute atomic E-state index is 13.1. The summed E-state index contributed by atoms with van der Waals surface area (Å²) in [5.74, 6) is -0.449. The van der Waals surface area contributed by atoms with Crippen LogP contribution in [0.1, 0.15) is 31.0 Å². The number of aliphatic hydroxyl groups is 1. The van der Waals surface area contributed by atoms with Crippen molar-refractivity contribution < 1.29 is 24.2 Å². The van der Waals surface area contributed by atoms with Crippen LogP contribution in [-0.4, -0.2) is 59.6 Å². The summed E-state index contributed by atoms with van der Waals surface area (Å²) in [6.45, 7) is 6.93. The van der Waals surface area contributed by atoms with E-state index in [2.05, 4.69) is 34.7 Å². The van der Waals surface area contributed by atoms with Gasteiger partial charge in [0.25, 0.3) is 11.7 Å². The predicted molar refractivity (Wildman–Crippen MR) is 124 cm³/mol. The summed E-state index contributed by atoms with van der Waals surface area (Å²) in [6.07, 6.45) is 0. The Kier molecular flexibility index (Phi) is 6.53. The predicted octanol–water partition coefficient (Wildman–Crippen LogP) is 3.94. The van der Waals surface area contributed by atoms with Crippen molar-refractivity contribution in [2.45, 2.75) is 19.9 Å². The fraction of sp³-hybridized carbons (Fsp3) is 0.333. The first-order valence-electron chi connectivity index (χ1n) is 10.6. The number of likely N-dealkylation sites (N-methyl/N-ethyl adjacent to an activating group) is 1. The molecule has 1 fully saturated rings. The first-order valence-corrected chi connectivity index (χ1v) is 11.4. The van der Waals surface area contributed by atoms with Crippen LogP contribution in [0.2, 0.25) is 0 Å². The first kappa shape index (κ1) is 22.4. The van der Waals surface area contributed by atoms with E-state index >= 15 is 0 Å². The molecule has 0 saturated carbocycles. The van der Waals surface area contributed by atoms with Crippen molar-refractivity contribution in [3.8, 4) is 11.5 Å². The van der Waals surface area contributed by atoms with Gasteiger partial charge in [-0.2, -0.15) is 0 Å². The normalized spacial score (nSPS) is 19.2. The Morgan fingerprint density at radius 3 is 2.47 bits per heavy atom. The van der Waals surface area contributed by atoms with E-state index in [4.69, 9.17) is 9.47 Å². The third-order valence-electron chi connectivity index (χ3n) is 5.92. The molecule has 0 aromatic heterocycles. The number of hydrogen-bond acceptors (Lipinski definition) is 6. The van der Waals surface area contributed by atoms with Crippen LogP contribution in [-0.2, 0) is 9.59 Å². The molecule has 2 aliphatic heterocycles. The molecule has 4 rings (SSSR count). The molecule has 1 unspecified atom stereocenters. The molecule has 1 atom stereocenters. The number of carbonyl (C=O) groups excluding carboxylic acids is 2. The standard InChI is InChI=1S/C24H25BrN2O5/c1-3-26(4-2)11-12-27-21(15-5-8-17(25)9-6-15)20(23(29)24(27)30)22(28)16-7-10-18-19(13-16)32-14-31-18/h5-10,13,21,28H,3-4,11-12,14H2,1-2H3/b22-20+. The SMILES string of the molecule is CCN(CC)CCN1C(=O)C(=O)/C(=C(/O)c2ccc3c(c2)OCO3)C1c1ccc(Br)cc1. The van der Waals surface area contributed by atoms with Crippen LogP contribution in [0.3, 0.4) is 0 Å². The summed E-state index contributed by atoms with van der Waals surface area (Å²) in [5.41, 5.74) is 1.24. The van der Waals surface area contributed by atoms with Gasteiger partial charge in [0, 0.05) is 23.1 Å². The number of halogens is 1. The molecule has 2 aromatic rings. The van der Waals surface area contributed by atoms with Crippen molar-refractivity contribution in [2.24, 2.45) is 0 Å². The van der Waals surface area contributed by atoms with E-state index in [0.29, 0.717) is 30.2 Å². The fourth-order valence-corrected chi connectivity index (χ4v) is 4.35. The number of carbonyl (C=O) groups is 2. The molecule has 0 radical (unpaired) electrons. The summed E-state index contributed by atoms with van der Waals surface area (Å²) >= 11 is 3.43. The summed E-state index contributed by atoms with van der Waals surface area (Å²) in [6, 6.07) is 11.7. The van der Waals surface area contributed by atoms with Gasteiger partial charge in [-0.3, -0.25) is 9.59 Å². The molecule has 2 aliphatic rings. The minimum Gasteiger partial charge on any atom is -0.507 e. The second-order valence-electron chi connectivity index (χ2n) is 7.64. The number of aliphatic hydroxyl groups excluding tert-OH is 1. The molecule has 8 heteroatoms. The quantitative estimate of drug-likeness (QED) is 0.352. The molecule has 168 valence electrons. The molecule has 0 spiro atoms. The van der Waals surface area contributed by atoms with Gasteiger partial charge in [-0.1, -0.05) is 41.9 Å². The number of amides is 1. The molecule has 7 nitrogen and oxygen atoms in total. The van der Waals surface area contributed by atoms with Crippen LogP contribution >= 0.6 is 15.9 Å². The lowest BCUT2D eigenvalue weighted by atomic mass is 9.95. The lowest BCUT2D eigenvalue weighted by molar-refractivity contribution is -0.140. The van der Waals surface area contributed by atoms with Crippen molar-refractivity contribution >= 4 is 33.4 Å². The van der Waals surface area contributed by atoms with Gasteiger partial charge in [0.15, 0.2) is 11.5 Å². The van der Waals surface area contributed by atoms with E-state index in [1.165, 1.54) is 0 Å². The van der Waals surface area contributed by atoms with Gasteiger partial charge >= 0.3 is 0 Å². The lowest BCUT2D eigenvalue weighted by Crippen LogP contribution is -2.38. The molecule has 1 saturated heterocycles. The number of benzene rings is 2. The molecule has 1 N–H and O–H groups in total. The number of nitrogens with zero attached hydrogens (tertiary/aromatic N) is 2. The zero-order valence-corrected chi connectivity index (χ0v) is 19.6. The second-order valence-corrected chi connectivity index (χ2v) is 8.55. The van der Waals surface area contributed by atoms with Crippen LogP contribution in [0.25, 0.3) is 5.76 Å². The van der Waals surface area contributed by atoms with Crippen LogP contribution < -0.4 is 9.47 Å². The number of Topliss-reactive ketones (excluding diaryl/α,β-unsaturated/α-hetero) is 1. The van der Waals surface area contributed by atoms with E-state index in [0.717, 1.165) is 23.1 Å². The zero-order valence-electron chi connectivity index (χ0n) is 18.0. The van der Waals surface area contributed by atoms with Gasteiger partial charge in [-0.15, -0.1) is 0 Å². The van der Waals surface area contributed by atoms with Crippen molar-refractivity contribution in [1.29, 1.82) is 0 Å². The maximum atomic E-state index is 13.1. The highest BCUT2D eigenvalue weighted by Crippen LogP contribution is 2.41. The number of ketones is 1. The Bertz CT molecular complexity index is 1060. The molecule has 32 heavy (non-hydrogen) atoms. The third kappa shape index (κ3) is 4.12. The molecular formula is C24H25BrN2O5. The summed E-state index contributed by atoms with van der Waals surface area (Å²) in [7, 11) is 0. The molecule has 1 amide bonds. The van der Waals surface area contributed by atoms with Crippen LogP contribution in [0.15, 0.2) is 52.5 Å². The smallest absolute Gasteiger partial charge is 0.295 e. The monoisotopic (exact) mass is 500 g/mol. The van der Waals surface area contributed by atoms with E-state index in [1.54, 1.807) is 23.1 Å². The average molecular weight is 501 g/mol. The summed E-state index contributed by atoms with van der Waals surface area (Å²) in [5, 5.41) is 11.2. The number of likely N-dealkylation sites (tertiary alicyclic amines) is 1. The molecule has 2 aromatic carbocycles. The highest BCUT2D eigenvalue weighted by molar-refractivity contribution is 9.10. The van der Waals surface area contributed by atoms with Crippen LogP contribution in [0.5, 0.6) is 11.5 Å². The largest absolute Gasteiger partial charge is 0.507 e. The zero-order chi connectivity index (χ0) is 22.8. The van der Waals surface area contributed by atoms with Gasteiger partial charge in [0.1, 0.15) is 5.76 Å². The number of ether oxygens (including phenoxy) is 2. The van der Waals surface area contributed by atoms with E-state index in [-0.39, 0.29) is 18.1 Å². The van der Waals surface area contributed by atoms with E-state index in [1.807, 2.05) is 24.3 Å². The molecule has 0 bridgehead atoms. The first-order chi connectivity index (χ1) is 15.4. The summed E-state index contributed by atoms with van der Waals surface area (Å²) < 4.78 is 11.6. The Balaban J connectivity index is 1.78. The van der Waals surface area contributed by atoms with Gasteiger partial charge in [0.2, 0.25) is 6.79 Å². The highest BCUT2D eigenvalue weighted by Gasteiger charge is 2.46. The average Bonchev–Trinajstić information content (AvgIpc) is 3.37. The third-order valence-corrected chi connectivity index (χ3v) is 6.45. The van der Waals surface area contributed by atoms with Crippen molar-refractivity contribution in [2.75, 3.05) is 33.0 Å². The van der Waals surface area contributed by atoms with Gasteiger partial charge < -0.3 is 24.4 Å². The highest BCUT2D eigenvalue weighted by atomic mass is 79.9. The van der Waals surface area contributed by atoms with E-state index < -0.39 is 17.7 Å². The van der Waals surface area contributed by atoms with Gasteiger partial charge in [-0.05, 0) is 49.0 Å². The van der Waals surface area contributed by atoms with Crippen LogP contribution in [0, 0.1) is 0 Å². The van der Waals surface area contributed by atoms with E-state index in [9.17, 15) is 14.7 Å². The minimum atomic E-state index is -0.687. The van der Waals surface area contributed by atoms with Crippen molar-refractivity contribution in [3.63, 3.8) is 0 Å². The Morgan fingerprint density at radius 2 is 1.78 bits per heavy atom. The number of hydrogen-bond donors (Lipinski definition) is 1. The molecular weight excluding hydrogens is 476 g/mol. The van der Waals surface area contributed by atoms with Crippen molar-refractivity contribution in [3.05, 3.63) is 63.6 Å². The van der Waals surface area contributed by atoms with Crippen LogP contribution in [0.4, 0.5) is 0 Å². The Labute approximate surface area is 195 Å². The number of rotatable bonds is 7.